The average Bonchev–Trinajstić information content (AvgIpc) is 2.18. The van der Waals surface area contributed by atoms with Gasteiger partial charge >= 0.3 is 6.18 Å². The minimum absolute atomic E-state index is 0.0676. The first-order valence-corrected chi connectivity index (χ1v) is 6.85. The summed E-state index contributed by atoms with van der Waals surface area (Å²) in [5, 5.41) is 0.0676. The highest BCUT2D eigenvalue weighted by molar-refractivity contribution is 9.09. The van der Waals surface area contributed by atoms with Crippen LogP contribution >= 0.6 is 27.5 Å². The van der Waals surface area contributed by atoms with Crippen LogP contribution in [0, 0.1) is 5.92 Å². The summed E-state index contributed by atoms with van der Waals surface area (Å²) in [6, 6.07) is 0.930. The molecule has 1 rings (SSSR count). The van der Waals surface area contributed by atoms with Crippen molar-refractivity contribution in [3.05, 3.63) is 28.5 Å². The van der Waals surface area contributed by atoms with E-state index in [9.17, 15) is 13.2 Å². The van der Waals surface area contributed by atoms with E-state index in [4.69, 9.17) is 11.6 Å². The Hall–Kier alpha value is -0.290. The molecule has 0 N–H and O–H groups in total. The molecule has 18 heavy (non-hydrogen) atoms. The largest absolute Gasteiger partial charge is 0.417 e. The van der Waals surface area contributed by atoms with Gasteiger partial charge in [-0.3, -0.25) is 4.98 Å². The van der Waals surface area contributed by atoms with Crippen molar-refractivity contribution in [3.8, 4) is 0 Å². The van der Waals surface area contributed by atoms with E-state index >= 15 is 0 Å². The molecular formula is C12H14BrClF3N. The molecule has 0 spiro atoms. The van der Waals surface area contributed by atoms with Gasteiger partial charge in [-0.15, -0.1) is 0 Å². The molecule has 1 heterocycles. The number of pyridine rings is 1. The van der Waals surface area contributed by atoms with Crippen LogP contribution in [0.5, 0.6) is 0 Å². The van der Waals surface area contributed by atoms with Crippen LogP contribution < -0.4 is 0 Å². The molecule has 1 aromatic heterocycles. The zero-order valence-electron chi connectivity index (χ0n) is 10.1. The summed E-state index contributed by atoms with van der Waals surface area (Å²) in [5.74, 6) is 0.502. The van der Waals surface area contributed by atoms with Crippen LogP contribution in [0.1, 0.15) is 31.5 Å². The highest BCUT2D eigenvalue weighted by Gasteiger charge is 2.31. The van der Waals surface area contributed by atoms with Crippen molar-refractivity contribution >= 4 is 27.5 Å². The van der Waals surface area contributed by atoms with Crippen LogP contribution in [0.25, 0.3) is 0 Å². The molecule has 0 saturated heterocycles. The molecule has 0 aromatic carbocycles. The molecule has 102 valence electrons. The van der Waals surface area contributed by atoms with Gasteiger partial charge in [-0.2, -0.15) is 13.2 Å². The Labute approximate surface area is 118 Å². The number of hydrogen-bond acceptors (Lipinski definition) is 1. The van der Waals surface area contributed by atoms with E-state index in [0.717, 1.165) is 18.7 Å². The maximum Gasteiger partial charge on any atom is 0.417 e. The highest BCUT2D eigenvalue weighted by atomic mass is 79.9. The van der Waals surface area contributed by atoms with Gasteiger partial charge in [0.25, 0.3) is 0 Å². The number of rotatable bonds is 4. The molecule has 0 aliphatic heterocycles. The second-order valence-corrected chi connectivity index (χ2v) is 6.28. The number of hydrogen-bond donors (Lipinski definition) is 0. The Balaban J connectivity index is 2.80. The number of halogens is 5. The third kappa shape index (κ3) is 4.76. The van der Waals surface area contributed by atoms with E-state index in [1.165, 1.54) is 0 Å². The fraction of sp³-hybridized carbons (Fsp3) is 0.583. The minimum Gasteiger partial charge on any atom is -0.259 e. The third-order valence-corrected chi connectivity index (χ3v) is 3.41. The van der Waals surface area contributed by atoms with Gasteiger partial charge in [0.1, 0.15) is 0 Å². The lowest BCUT2D eigenvalue weighted by molar-refractivity contribution is -0.137. The second kappa shape index (κ2) is 6.24. The van der Waals surface area contributed by atoms with Crippen LogP contribution in [0.3, 0.4) is 0 Å². The van der Waals surface area contributed by atoms with Crippen LogP contribution in [0.4, 0.5) is 13.2 Å². The molecular weight excluding hydrogens is 330 g/mol. The lowest BCUT2D eigenvalue weighted by Gasteiger charge is -2.13. The van der Waals surface area contributed by atoms with Gasteiger partial charge < -0.3 is 0 Å². The van der Waals surface area contributed by atoms with Crippen LogP contribution in [-0.2, 0) is 12.6 Å². The Morgan fingerprint density at radius 2 is 2.00 bits per heavy atom. The molecule has 0 radical (unpaired) electrons. The molecule has 0 aliphatic rings. The van der Waals surface area contributed by atoms with E-state index in [-0.39, 0.29) is 9.85 Å². The van der Waals surface area contributed by atoms with Gasteiger partial charge in [0, 0.05) is 17.4 Å². The molecule has 0 aliphatic carbocycles. The first-order valence-electron chi connectivity index (χ1n) is 5.55. The van der Waals surface area contributed by atoms with Crippen LogP contribution in [0.15, 0.2) is 12.3 Å². The first-order chi connectivity index (χ1) is 8.20. The molecule has 1 nitrogen and oxygen atoms in total. The van der Waals surface area contributed by atoms with Gasteiger partial charge in [0.05, 0.1) is 16.3 Å². The van der Waals surface area contributed by atoms with E-state index in [0.29, 0.717) is 18.0 Å². The molecule has 0 saturated carbocycles. The summed E-state index contributed by atoms with van der Waals surface area (Å²) in [6.45, 7) is 4.16. The molecule has 0 amide bonds. The minimum atomic E-state index is -4.40. The van der Waals surface area contributed by atoms with Crippen molar-refractivity contribution in [3.63, 3.8) is 0 Å². The smallest absolute Gasteiger partial charge is 0.259 e. The van der Waals surface area contributed by atoms with Gasteiger partial charge in [-0.1, -0.05) is 41.4 Å². The number of nitrogens with zero attached hydrogens (tertiary/aromatic N) is 1. The molecule has 0 fully saturated rings. The van der Waals surface area contributed by atoms with E-state index in [1.54, 1.807) is 0 Å². The predicted molar refractivity (Wildman–Crippen MR) is 70.1 cm³/mol. The van der Waals surface area contributed by atoms with Crippen molar-refractivity contribution in [1.29, 1.82) is 0 Å². The lowest BCUT2D eigenvalue weighted by atomic mass is 10.0. The molecule has 6 heteroatoms. The second-order valence-electron chi connectivity index (χ2n) is 4.58. The van der Waals surface area contributed by atoms with Gasteiger partial charge in [0.2, 0.25) is 0 Å². The maximum atomic E-state index is 12.4. The Morgan fingerprint density at radius 1 is 1.39 bits per heavy atom. The zero-order chi connectivity index (χ0) is 13.9. The Kier molecular flexibility index (Phi) is 5.46. The fourth-order valence-corrected chi connectivity index (χ4v) is 2.87. The van der Waals surface area contributed by atoms with Gasteiger partial charge in [-0.05, 0) is 18.4 Å². The Morgan fingerprint density at radius 3 is 2.44 bits per heavy atom. The van der Waals surface area contributed by atoms with Crippen molar-refractivity contribution in [1.82, 2.24) is 4.98 Å². The number of aromatic nitrogens is 1. The molecule has 0 bridgehead atoms. The Bertz CT molecular complexity index is 407. The maximum absolute atomic E-state index is 12.4. The SMILES string of the molecule is CC(C)CC(Br)Cc1ncc(C(F)(F)F)cc1Cl. The molecule has 1 unspecified atom stereocenters. The standard InChI is InChI=1S/C12H14BrClF3N/c1-7(2)3-9(13)5-11-10(14)4-8(6-18-11)12(15,16)17/h4,6-7,9H,3,5H2,1-2H3. The van der Waals surface area contributed by atoms with Crippen LogP contribution in [0.2, 0.25) is 5.02 Å². The van der Waals surface area contributed by atoms with Gasteiger partial charge in [-0.25, -0.2) is 0 Å². The molecule has 1 atom stereocenters. The molecule has 1 aromatic rings. The summed E-state index contributed by atoms with van der Waals surface area (Å²) >= 11 is 9.32. The van der Waals surface area contributed by atoms with E-state index < -0.39 is 11.7 Å². The van der Waals surface area contributed by atoms with Crippen molar-refractivity contribution in [2.24, 2.45) is 5.92 Å². The normalized spacial score (nSPS) is 14.0. The average molecular weight is 345 g/mol. The third-order valence-electron chi connectivity index (χ3n) is 2.39. The van der Waals surface area contributed by atoms with E-state index in [2.05, 4.69) is 34.8 Å². The van der Waals surface area contributed by atoms with Crippen molar-refractivity contribution in [2.75, 3.05) is 0 Å². The lowest BCUT2D eigenvalue weighted by Crippen LogP contribution is -2.10. The van der Waals surface area contributed by atoms with Crippen molar-refractivity contribution in [2.45, 2.75) is 37.7 Å². The quantitative estimate of drug-likeness (QED) is 0.692. The summed E-state index contributed by atoms with van der Waals surface area (Å²) in [7, 11) is 0. The monoisotopic (exact) mass is 343 g/mol. The predicted octanol–water partition coefficient (Wildman–Crippen LogP) is 5.11. The fourth-order valence-electron chi connectivity index (χ4n) is 1.58. The first kappa shape index (κ1) is 15.8. The topological polar surface area (TPSA) is 12.9 Å². The van der Waals surface area contributed by atoms with E-state index in [1.807, 2.05) is 0 Å². The summed E-state index contributed by atoms with van der Waals surface area (Å²) < 4.78 is 37.3. The summed E-state index contributed by atoms with van der Waals surface area (Å²) in [6.07, 6.45) is -2.13. The summed E-state index contributed by atoms with van der Waals surface area (Å²) in [4.78, 5) is 3.98. The zero-order valence-corrected chi connectivity index (χ0v) is 12.4. The van der Waals surface area contributed by atoms with Crippen LogP contribution in [-0.4, -0.2) is 9.81 Å². The highest BCUT2D eigenvalue weighted by Crippen LogP contribution is 2.31. The van der Waals surface area contributed by atoms with Gasteiger partial charge in [0.15, 0.2) is 0 Å². The van der Waals surface area contributed by atoms with Crippen molar-refractivity contribution < 1.29 is 13.2 Å². The summed E-state index contributed by atoms with van der Waals surface area (Å²) in [5.41, 5.74) is -0.321. The number of alkyl halides is 4.